The number of hydrogen-bond donors (Lipinski definition) is 2. The minimum absolute atomic E-state index is 0.200. The van der Waals surface area contributed by atoms with Gasteiger partial charge in [-0.1, -0.05) is 26.7 Å². The van der Waals surface area contributed by atoms with Crippen LogP contribution in [0.3, 0.4) is 0 Å². The molecule has 0 aliphatic carbocycles. The van der Waals surface area contributed by atoms with Gasteiger partial charge in [-0.25, -0.2) is 0 Å². The molecule has 0 spiro atoms. The molecule has 5 nitrogen and oxygen atoms in total. The van der Waals surface area contributed by atoms with Crippen molar-refractivity contribution in [1.82, 2.24) is 15.0 Å². The standard InChI is InChI=1S/C10H18ClN5/c1-4-7(5-2)6-13-10-15-8(11)14-9(12-3)16-10/h7H,4-6H2,1-3H3,(H2,12,13,14,15,16). The summed E-state index contributed by atoms with van der Waals surface area (Å²) in [6, 6.07) is 0. The third-order valence-electron chi connectivity index (χ3n) is 2.54. The van der Waals surface area contributed by atoms with Gasteiger partial charge < -0.3 is 10.6 Å². The van der Waals surface area contributed by atoms with Crippen molar-refractivity contribution in [1.29, 1.82) is 0 Å². The smallest absolute Gasteiger partial charge is 0.228 e. The highest BCUT2D eigenvalue weighted by Gasteiger charge is 2.06. The number of rotatable bonds is 6. The summed E-state index contributed by atoms with van der Waals surface area (Å²) < 4.78 is 0. The molecule has 0 saturated carbocycles. The lowest BCUT2D eigenvalue weighted by Crippen LogP contribution is -2.15. The van der Waals surface area contributed by atoms with Crippen molar-refractivity contribution in [2.24, 2.45) is 5.92 Å². The first-order valence-corrected chi connectivity index (χ1v) is 5.90. The van der Waals surface area contributed by atoms with Gasteiger partial charge in [-0.2, -0.15) is 15.0 Å². The number of hydrogen-bond acceptors (Lipinski definition) is 5. The second-order valence-corrected chi connectivity index (χ2v) is 3.90. The van der Waals surface area contributed by atoms with Gasteiger partial charge in [-0.15, -0.1) is 0 Å². The van der Waals surface area contributed by atoms with E-state index in [9.17, 15) is 0 Å². The lowest BCUT2D eigenvalue weighted by atomic mass is 10.0. The third-order valence-corrected chi connectivity index (χ3v) is 2.70. The van der Waals surface area contributed by atoms with Crippen molar-refractivity contribution in [3.8, 4) is 0 Å². The van der Waals surface area contributed by atoms with E-state index >= 15 is 0 Å². The van der Waals surface area contributed by atoms with E-state index in [0.717, 1.165) is 19.4 Å². The molecule has 1 aromatic heterocycles. The Hall–Kier alpha value is -1.10. The number of nitrogens with zero attached hydrogens (tertiary/aromatic N) is 3. The van der Waals surface area contributed by atoms with Gasteiger partial charge in [0.15, 0.2) is 0 Å². The highest BCUT2D eigenvalue weighted by molar-refractivity contribution is 6.28. The van der Waals surface area contributed by atoms with Gasteiger partial charge in [0.2, 0.25) is 17.2 Å². The molecule has 0 fully saturated rings. The molecule has 16 heavy (non-hydrogen) atoms. The Morgan fingerprint density at radius 3 is 2.31 bits per heavy atom. The molecule has 0 amide bonds. The minimum atomic E-state index is 0.200. The van der Waals surface area contributed by atoms with E-state index in [0.29, 0.717) is 17.8 Å². The molecule has 2 N–H and O–H groups in total. The fourth-order valence-electron chi connectivity index (χ4n) is 1.35. The van der Waals surface area contributed by atoms with E-state index in [1.165, 1.54) is 0 Å². The van der Waals surface area contributed by atoms with Crippen LogP contribution in [0.1, 0.15) is 26.7 Å². The predicted octanol–water partition coefficient (Wildman–Crippen LogP) is 2.41. The highest BCUT2D eigenvalue weighted by atomic mass is 35.5. The maximum atomic E-state index is 5.77. The van der Waals surface area contributed by atoms with Gasteiger partial charge in [0, 0.05) is 13.6 Å². The minimum Gasteiger partial charge on any atom is -0.357 e. The average Bonchev–Trinajstić information content (AvgIpc) is 2.29. The summed E-state index contributed by atoms with van der Waals surface area (Å²) in [4.78, 5) is 12.1. The van der Waals surface area contributed by atoms with Gasteiger partial charge in [0.05, 0.1) is 0 Å². The quantitative estimate of drug-likeness (QED) is 0.804. The second-order valence-electron chi connectivity index (χ2n) is 3.57. The summed E-state index contributed by atoms with van der Waals surface area (Å²) in [6.07, 6.45) is 2.28. The first-order chi connectivity index (χ1) is 7.69. The second kappa shape index (κ2) is 6.48. The first-order valence-electron chi connectivity index (χ1n) is 5.52. The zero-order chi connectivity index (χ0) is 12.0. The van der Waals surface area contributed by atoms with Gasteiger partial charge in [-0.3, -0.25) is 0 Å². The van der Waals surface area contributed by atoms with E-state index < -0.39 is 0 Å². The molecule has 0 radical (unpaired) electrons. The predicted molar refractivity (Wildman–Crippen MR) is 66.9 cm³/mol. The van der Waals surface area contributed by atoms with Crippen LogP contribution >= 0.6 is 11.6 Å². The highest BCUT2D eigenvalue weighted by Crippen LogP contribution is 2.11. The molecule has 0 aliphatic rings. The Morgan fingerprint density at radius 2 is 1.75 bits per heavy atom. The van der Waals surface area contributed by atoms with Crippen molar-refractivity contribution in [2.75, 3.05) is 24.2 Å². The Balaban J connectivity index is 2.62. The number of aromatic nitrogens is 3. The SMILES string of the molecule is CCC(CC)CNc1nc(Cl)nc(NC)n1. The van der Waals surface area contributed by atoms with Crippen molar-refractivity contribution in [3.63, 3.8) is 0 Å². The summed E-state index contributed by atoms with van der Waals surface area (Å²) in [7, 11) is 1.75. The lowest BCUT2D eigenvalue weighted by Gasteiger charge is -2.13. The van der Waals surface area contributed by atoms with Crippen LogP contribution in [-0.4, -0.2) is 28.5 Å². The first kappa shape index (κ1) is 13.0. The molecule has 1 rings (SSSR count). The largest absolute Gasteiger partial charge is 0.357 e. The average molecular weight is 244 g/mol. The van der Waals surface area contributed by atoms with Crippen LogP contribution in [0.25, 0.3) is 0 Å². The molecule has 1 aromatic rings. The van der Waals surface area contributed by atoms with E-state index in [1.54, 1.807) is 7.05 Å². The van der Waals surface area contributed by atoms with Crippen LogP contribution in [0.2, 0.25) is 5.28 Å². The maximum absolute atomic E-state index is 5.77. The van der Waals surface area contributed by atoms with Crippen molar-refractivity contribution in [3.05, 3.63) is 5.28 Å². The molecular weight excluding hydrogens is 226 g/mol. The van der Waals surface area contributed by atoms with Gasteiger partial charge in [0.1, 0.15) is 0 Å². The number of nitrogens with one attached hydrogen (secondary N) is 2. The number of halogens is 1. The van der Waals surface area contributed by atoms with Gasteiger partial charge in [0.25, 0.3) is 0 Å². The Morgan fingerprint density at radius 1 is 1.12 bits per heavy atom. The maximum Gasteiger partial charge on any atom is 0.228 e. The number of anilines is 2. The van der Waals surface area contributed by atoms with Crippen molar-refractivity contribution < 1.29 is 0 Å². The summed E-state index contributed by atoms with van der Waals surface area (Å²) in [5.74, 6) is 1.64. The summed E-state index contributed by atoms with van der Waals surface area (Å²) in [6.45, 7) is 5.21. The van der Waals surface area contributed by atoms with Crippen LogP contribution in [0.4, 0.5) is 11.9 Å². The monoisotopic (exact) mass is 243 g/mol. The van der Waals surface area contributed by atoms with E-state index in [2.05, 4.69) is 39.4 Å². The summed E-state index contributed by atoms with van der Waals surface area (Å²) >= 11 is 5.77. The van der Waals surface area contributed by atoms with Crippen molar-refractivity contribution in [2.45, 2.75) is 26.7 Å². The third kappa shape index (κ3) is 3.81. The van der Waals surface area contributed by atoms with E-state index in [-0.39, 0.29) is 5.28 Å². The van der Waals surface area contributed by atoms with E-state index in [4.69, 9.17) is 11.6 Å². The molecule has 0 unspecified atom stereocenters. The zero-order valence-corrected chi connectivity index (χ0v) is 10.7. The Kier molecular flexibility index (Phi) is 5.25. The van der Waals surface area contributed by atoms with Crippen LogP contribution in [-0.2, 0) is 0 Å². The molecule has 0 bridgehead atoms. The molecule has 0 aliphatic heterocycles. The molecule has 90 valence electrons. The van der Waals surface area contributed by atoms with Crippen LogP contribution in [0, 0.1) is 5.92 Å². The molecular formula is C10H18ClN5. The normalized spacial score (nSPS) is 10.6. The molecule has 6 heteroatoms. The van der Waals surface area contributed by atoms with Gasteiger partial charge >= 0.3 is 0 Å². The fraction of sp³-hybridized carbons (Fsp3) is 0.700. The molecule has 0 saturated heterocycles. The molecule has 0 atom stereocenters. The van der Waals surface area contributed by atoms with Crippen LogP contribution in [0.15, 0.2) is 0 Å². The lowest BCUT2D eigenvalue weighted by molar-refractivity contribution is 0.517. The van der Waals surface area contributed by atoms with Gasteiger partial charge in [-0.05, 0) is 17.5 Å². The Labute approximate surface area is 101 Å². The van der Waals surface area contributed by atoms with Crippen LogP contribution < -0.4 is 10.6 Å². The molecule has 0 aromatic carbocycles. The van der Waals surface area contributed by atoms with Crippen LogP contribution in [0.5, 0.6) is 0 Å². The summed E-state index contributed by atoms with van der Waals surface area (Å²) in [5.41, 5.74) is 0. The Bertz CT molecular complexity index is 327. The zero-order valence-electron chi connectivity index (χ0n) is 9.92. The molecule has 1 heterocycles. The summed E-state index contributed by atoms with van der Waals surface area (Å²) in [5, 5.41) is 6.21. The van der Waals surface area contributed by atoms with Crippen molar-refractivity contribution >= 4 is 23.5 Å². The topological polar surface area (TPSA) is 62.7 Å². The van der Waals surface area contributed by atoms with E-state index in [1.807, 2.05) is 0 Å². The fourth-order valence-corrected chi connectivity index (χ4v) is 1.51.